The van der Waals surface area contributed by atoms with Crippen molar-refractivity contribution < 1.29 is 26.7 Å². The van der Waals surface area contributed by atoms with Crippen LogP contribution in [0.5, 0.6) is 0 Å². The molecule has 172 valence electrons. The van der Waals surface area contributed by atoms with Crippen LogP contribution in [-0.2, 0) is 11.0 Å². The fourth-order valence-corrected chi connectivity index (χ4v) is 4.15. The first-order chi connectivity index (χ1) is 15.8. The van der Waals surface area contributed by atoms with E-state index in [0.29, 0.717) is 24.9 Å². The van der Waals surface area contributed by atoms with Gasteiger partial charge in [0.1, 0.15) is 17.7 Å². The fraction of sp³-hybridized carbons (Fsp3) is 0.240. The topological polar surface area (TPSA) is 32.3 Å². The molecule has 1 aliphatic heterocycles. The number of amides is 1. The van der Waals surface area contributed by atoms with E-state index in [0.717, 1.165) is 12.1 Å². The van der Waals surface area contributed by atoms with E-state index in [2.05, 4.69) is 5.32 Å². The second-order valence-corrected chi connectivity index (χ2v) is 7.89. The Labute approximate surface area is 187 Å². The molecule has 2 atom stereocenters. The lowest BCUT2D eigenvalue weighted by molar-refractivity contribution is -0.137. The standard InChI is InChI=1S/C25H21F5N2O/c26-19-7-2-1-6-18(19)22-10-5-15-32(22)24(33)23(31-21-9-4-3-8-20(21)27)16-11-13-17(14-12-16)25(28,29)30/h1-4,6-9,11-14,22-23,31H,5,10,15H2/t22-,23+/m0/s1. The lowest BCUT2D eigenvalue weighted by Gasteiger charge is -2.30. The van der Waals surface area contributed by atoms with Gasteiger partial charge in [0, 0.05) is 12.1 Å². The number of para-hydroxylation sites is 1. The molecular formula is C25H21F5N2O. The summed E-state index contributed by atoms with van der Waals surface area (Å²) >= 11 is 0. The summed E-state index contributed by atoms with van der Waals surface area (Å²) in [6.45, 7) is 0.355. The molecule has 0 saturated carbocycles. The van der Waals surface area contributed by atoms with Crippen LogP contribution < -0.4 is 5.32 Å². The first-order valence-electron chi connectivity index (χ1n) is 10.5. The molecular weight excluding hydrogens is 439 g/mol. The molecule has 1 N–H and O–H groups in total. The van der Waals surface area contributed by atoms with Crippen LogP contribution in [0.25, 0.3) is 0 Å². The van der Waals surface area contributed by atoms with Crippen LogP contribution in [0.2, 0.25) is 0 Å². The summed E-state index contributed by atoms with van der Waals surface area (Å²) in [5.41, 5.74) is -0.193. The third kappa shape index (κ3) is 4.84. The van der Waals surface area contributed by atoms with Crippen LogP contribution in [0.4, 0.5) is 27.6 Å². The molecule has 8 heteroatoms. The van der Waals surface area contributed by atoms with Crippen molar-refractivity contribution >= 4 is 11.6 Å². The number of halogens is 5. The maximum Gasteiger partial charge on any atom is 0.416 e. The fourth-order valence-electron chi connectivity index (χ4n) is 4.15. The summed E-state index contributed by atoms with van der Waals surface area (Å²) in [6, 6.07) is 14.4. The Balaban J connectivity index is 1.70. The molecule has 0 unspecified atom stereocenters. The zero-order valence-electron chi connectivity index (χ0n) is 17.4. The molecule has 33 heavy (non-hydrogen) atoms. The van der Waals surface area contributed by atoms with Gasteiger partial charge in [0.2, 0.25) is 5.91 Å². The highest BCUT2D eigenvalue weighted by Gasteiger charge is 2.37. The summed E-state index contributed by atoms with van der Waals surface area (Å²) in [7, 11) is 0. The summed E-state index contributed by atoms with van der Waals surface area (Å²) in [5.74, 6) is -1.51. The van der Waals surface area contributed by atoms with Gasteiger partial charge in [-0.05, 0) is 48.7 Å². The average molecular weight is 460 g/mol. The van der Waals surface area contributed by atoms with Crippen molar-refractivity contribution in [2.45, 2.75) is 31.1 Å². The van der Waals surface area contributed by atoms with E-state index in [1.807, 2.05) is 0 Å². The minimum absolute atomic E-state index is 0.0392. The maximum atomic E-state index is 14.4. The molecule has 1 aliphatic rings. The molecule has 3 nitrogen and oxygen atoms in total. The smallest absolute Gasteiger partial charge is 0.368 e. The summed E-state index contributed by atoms with van der Waals surface area (Å²) in [5, 5.41) is 2.84. The first kappa shape index (κ1) is 22.8. The number of alkyl halides is 3. The minimum atomic E-state index is -4.53. The van der Waals surface area contributed by atoms with Crippen LogP contribution in [0.15, 0.2) is 72.8 Å². The van der Waals surface area contributed by atoms with Crippen LogP contribution in [0, 0.1) is 11.6 Å². The van der Waals surface area contributed by atoms with Crippen molar-refractivity contribution in [2.24, 2.45) is 0 Å². The van der Waals surface area contributed by atoms with Gasteiger partial charge >= 0.3 is 6.18 Å². The molecule has 0 bridgehead atoms. The Morgan fingerprint density at radius 1 is 0.909 bits per heavy atom. The van der Waals surface area contributed by atoms with Crippen LogP contribution >= 0.6 is 0 Å². The summed E-state index contributed by atoms with van der Waals surface area (Å²) < 4.78 is 67.9. The zero-order valence-corrected chi connectivity index (χ0v) is 17.4. The predicted octanol–water partition coefficient (Wildman–Crippen LogP) is 6.50. The third-order valence-electron chi connectivity index (χ3n) is 5.79. The number of carbonyl (C=O) groups excluding carboxylic acids is 1. The molecule has 0 aliphatic carbocycles. The second-order valence-electron chi connectivity index (χ2n) is 7.89. The van der Waals surface area contributed by atoms with Crippen LogP contribution in [0.1, 0.15) is 41.6 Å². The normalized spacial score (nSPS) is 17.1. The van der Waals surface area contributed by atoms with Gasteiger partial charge in [-0.3, -0.25) is 4.79 Å². The SMILES string of the molecule is O=C([C@H](Nc1ccccc1F)c1ccc(C(F)(F)F)cc1)N1CCC[C@H]1c1ccccc1F. The van der Waals surface area contributed by atoms with E-state index < -0.39 is 41.4 Å². The van der Waals surface area contributed by atoms with Gasteiger partial charge in [0.15, 0.2) is 0 Å². The van der Waals surface area contributed by atoms with Crippen molar-refractivity contribution in [3.8, 4) is 0 Å². The van der Waals surface area contributed by atoms with Crippen molar-refractivity contribution in [1.82, 2.24) is 4.90 Å². The Kier molecular flexibility index (Phi) is 6.35. The Morgan fingerprint density at radius 3 is 2.18 bits per heavy atom. The summed E-state index contributed by atoms with van der Waals surface area (Å²) in [4.78, 5) is 15.1. The zero-order chi connectivity index (χ0) is 23.6. The van der Waals surface area contributed by atoms with Crippen LogP contribution in [-0.4, -0.2) is 17.4 Å². The van der Waals surface area contributed by atoms with Gasteiger partial charge in [-0.25, -0.2) is 8.78 Å². The number of benzene rings is 3. The van der Waals surface area contributed by atoms with Crippen molar-refractivity contribution in [3.05, 3.63) is 101 Å². The van der Waals surface area contributed by atoms with E-state index >= 15 is 0 Å². The molecule has 1 saturated heterocycles. The molecule has 0 radical (unpaired) electrons. The average Bonchev–Trinajstić information content (AvgIpc) is 3.28. The lowest BCUT2D eigenvalue weighted by Crippen LogP contribution is -2.38. The van der Waals surface area contributed by atoms with E-state index in [4.69, 9.17) is 0 Å². The molecule has 1 heterocycles. The van der Waals surface area contributed by atoms with Gasteiger partial charge in [-0.1, -0.05) is 42.5 Å². The monoisotopic (exact) mass is 460 g/mol. The van der Waals surface area contributed by atoms with Crippen LogP contribution in [0.3, 0.4) is 0 Å². The quantitative estimate of drug-likeness (QED) is 0.441. The Bertz CT molecular complexity index is 1130. The third-order valence-corrected chi connectivity index (χ3v) is 5.79. The number of hydrogen-bond donors (Lipinski definition) is 1. The Morgan fingerprint density at radius 2 is 1.55 bits per heavy atom. The predicted molar refractivity (Wildman–Crippen MR) is 114 cm³/mol. The maximum absolute atomic E-state index is 14.4. The van der Waals surface area contributed by atoms with Crippen molar-refractivity contribution in [1.29, 1.82) is 0 Å². The van der Waals surface area contributed by atoms with Gasteiger partial charge < -0.3 is 10.2 Å². The van der Waals surface area contributed by atoms with Gasteiger partial charge in [0.25, 0.3) is 0 Å². The largest absolute Gasteiger partial charge is 0.416 e. The van der Waals surface area contributed by atoms with E-state index in [1.165, 1.54) is 41.3 Å². The number of likely N-dealkylation sites (tertiary alicyclic amines) is 1. The molecule has 0 spiro atoms. The van der Waals surface area contributed by atoms with Gasteiger partial charge in [-0.2, -0.15) is 13.2 Å². The molecule has 3 aromatic carbocycles. The van der Waals surface area contributed by atoms with Crippen molar-refractivity contribution in [2.75, 3.05) is 11.9 Å². The number of carbonyl (C=O) groups is 1. The number of nitrogens with one attached hydrogen (secondary N) is 1. The molecule has 1 amide bonds. The second kappa shape index (κ2) is 9.21. The summed E-state index contributed by atoms with van der Waals surface area (Å²) in [6.07, 6.45) is -3.34. The number of rotatable bonds is 5. The number of nitrogens with zero attached hydrogens (tertiary/aromatic N) is 1. The molecule has 1 fully saturated rings. The highest BCUT2D eigenvalue weighted by Crippen LogP contribution is 2.37. The van der Waals surface area contributed by atoms with Gasteiger partial charge in [-0.15, -0.1) is 0 Å². The Hall–Kier alpha value is -3.42. The minimum Gasteiger partial charge on any atom is -0.368 e. The molecule has 3 aromatic rings. The highest BCUT2D eigenvalue weighted by molar-refractivity contribution is 5.87. The first-order valence-corrected chi connectivity index (χ1v) is 10.5. The number of hydrogen-bond acceptors (Lipinski definition) is 2. The molecule has 0 aromatic heterocycles. The van der Waals surface area contributed by atoms with E-state index in [9.17, 15) is 26.7 Å². The molecule has 4 rings (SSSR count). The van der Waals surface area contributed by atoms with E-state index in [-0.39, 0.29) is 11.3 Å². The number of anilines is 1. The lowest BCUT2D eigenvalue weighted by atomic mass is 10.00. The van der Waals surface area contributed by atoms with Gasteiger partial charge in [0.05, 0.1) is 17.3 Å². The highest BCUT2D eigenvalue weighted by atomic mass is 19.4. The van der Waals surface area contributed by atoms with Crippen molar-refractivity contribution in [3.63, 3.8) is 0 Å². The van der Waals surface area contributed by atoms with E-state index in [1.54, 1.807) is 24.3 Å².